The molecule has 0 fully saturated rings. The highest BCUT2D eigenvalue weighted by Gasteiger charge is 2.05. The van der Waals surface area contributed by atoms with Crippen LogP contribution in [-0.2, 0) is 0 Å². The quantitative estimate of drug-likeness (QED) is 0.753. The summed E-state index contributed by atoms with van der Waals surface area (Å²) in [7, 11) is 0. The van der Waals surface area contributed by atoms with Crippen LogP contribution in [0.15, 0.2) is 48.7 Å². The molecule has 0 aliphatic heterocycles. The Morgan fingerprint density at radius 1 is 0.826 bits per heavy atom. The first kappa shape index (κ1) is 15.0. The standard InChI is InChI=1S/C18H19N5/c1-12-7-9-15(10-8-12)20-18-22-16(11-19-23-18)21-17-13(2)5-4-6-14(17)3/h4-11H,1-3H3,(H2,20,21,22,23). The maximum atomic E-state index is 4.47. The zero-order valence-corrected chi connectivity index (χ0v) is 13.5. The topological polar surface area (TPSA) is 62.7 Å². The van der Waals surface area contributed by atoms with Crippen LogP contribution in [-0.4, -0.2) is 15.2 Å². The third kappa shape index (κ3) is 3.63. The van der Waals surface area contributed by atoms with E-state index in [0.717, 1.165) is 22.5 Å². The van der Waals surface area contributed by atoms with Gasteiger partial charge in [-0.15, -0.1) is 5.10 Å². The first-order chi connectivity index (χ1) is 11.1. The van der Waals surface area contributed by atoms with Crippen LogP contribution in [0.3, 0.4) is 0 Å². The molecule has 3 aromatic rings. The molecule has 2 aromatic carbocycles. The monoisotopic (exact) mass is 305 g/mol. The minimum atomic E-state index is 0.463. The molecule has 5 heteroatoms. The van der Waals surface area contributed by atoms with E-state index in [9.17, 15) is 0 Å². The molecule has 0 radical (unpaired) electrons. The molecule has 0 aliphatic carbocycles. The van der Waals surface area contributed by atoms with Crippen molar-refractivity contribution >= 4 is 23.1 Å². The minimum Gasteiger partial charge on any atom is -0.338 e. The molecule has 0 spiro atoms. The highest BCUT2D eigenvalue weighted by atomic mass is 15.3. The molecule has 116 valence electrons. The highest BCUT2D eigenvalue weighted by molar-refractivity contribution is 5.65. The molecule has 0 amide bonds. The van der Waals surface area contributed by atoms with Gasteiger partial charge in [0.2, 0.25) is 5.95 Å². The van der Waals surface area contributed by atoms with Gasteiger partial charge >= 0.3 is 0 Å². The van der Waals surface area contributed by atoms with Crippen molar-refractivity contribution in [1.82, 2.24) is 15.2 Å². The molecule has 0 atom stereocenters. The Bertz CT molecular complexity index is 792. The number of para-hydroxylation sites is 1. The molecule has 0 aliphatic rings. The van der Waals surface area contributed by atoms with Crippen LogP contribution in [0.1, 0.15) is 16.7 Å². The van der Waals surface area contributed by atoms with Crippen molar-refractivity contribution in [2.24, 2.45) is 0 Å². The molecule has 0 bridgehead atoms. The minimum absolute atomic E-state index is 0.463. The number of nitrogens with zero attached hydrogens (tertiary/aromatic N) is 3. The van der Waals surface area contributed by atoms with Crippen LogP contribution in [0.4, 0.5) is 23.1 Å². The number of aryl methyl sites for hydroxylation is 3. The summed E-state index contributed by atoms with van der Waals surface area (Å²) < 4.78 is 0. The summed E-state index contributed by atoms with van der Waals surface area (Å²) in [5.74, 6) is 1.12. The van der Waals surface area contributed by atoms with E-state index in [1.807, 2.05) is 30.3 Å². The summed E-state index contributed by atoms with van der Waals surface area (Å²) in [4.78, 5) is 4.47. The molecule has 23 heavy (non-hydrogen) atoms. The van der Waals surface area contributed by atoms with Gasteiger partial charge in [-0.2, -0.15) is 10.1 Å². The number of benzene rings is 2. The molecule has 0 saturated carbocycles. The number of aromatic nitrogens is 3. The van der Waals surface area contributed by atoms with Crippen LogP contribution in [0, 0.1) is 20.8 Å². The summed E-state index contributed by atoms with van der Waals surface area (Å²) >= 11 is 0. The average Bonchev–Trinajstić information content (AvgIpc) is 2.54. The van der Waals surface area contributed by atoms with Crippen molar-refractivity contribution < 1.29 is 0 Å². The molecule has 3 rings (SSSR count). The van der Waals surface area contributed by atoms with E-state index in [0.29, 0.717) is 11.8 Å². The van der Waals surface area contributed by atoms with Gasteiger partial charge in [-0.1, -0.05) is 35.9 Å². The normalized spacial score (nSPS) is 10.4. The zero-order valence-electron chi connectivity index (χ0n) is 13.5. The predicted molar refractivity (Wildman–Crippen MR) is 93.5 cm³/mol. The third-order valence-corrected chi connectivity index (χ3v) is 3.60. The van der Waals surface area contributed by atoms with E-state index in [4.69, 9.17) is 0 Å². The second-order valence-corrected chi connectivity index (χ2v) is 5.55. The van der Waals surface area contributed by atoms with Gasteiger partial charge in [-0.05, 0) is 44.0 Å². The Morgan fingerprint density at radius 2 is 1.52 bits per heavy atom. The van der Waals surface area contributed by atoms with Crippen molar-refractivity contribution in [2.45, 2.75) is 20.8 Å². The Morgan fingerprint density at radius 3 is 2.22 bits per heavy atom. The number of anilines is 4. The molecule has 2 N–H and O–H groups in total. The van der Waals surface area contributed by atoms with Crippen LogP contribution in [0.5, 0.6) is 0 Å². The van der Waals surface area contributed by atoms with Gasteiger partial charge in [-0.3, -0.25) is 0 Å². The summed E-state index contributed by atoms with van der Waals surface area (Å²) in [6.45, 7) is 6.18. The lowest BCUT2D eigenvalue weighted by molar-refractivity contribution is 0.982. The predicted octanol–water partition coefficient (Wildman–Crippen LogP) is 4.28. The molecule has 5 nitrogen and oxygen atoms in total. The van der Waals surface area contributed by atoms with Crippen LogP contribution in [0.2, 0.25) is 0 Å². The highest BCUT2D eigenvalue weighted by Crippen LogP contribution is 2.23. The van der Waals surface area contributed by atoms with Gasteiger partial charge in [0.25, 0.3) is 0 Å². The smallest absolute Gasteiger partial charge is 0.249 e. The zero-order chi connectivity index (χ0) is 16.2. The lowest BCUT2D eigenvalue weighted by Gasteiger charge is -2.12. The fraction of sp³-hybridized carbons (Fsp3) is 0.167. The van der Waals surface area contributed by atoms with Crippen molar-refractivity contribution in [1.29, 1.82) is 0 Å². The van der Waals surface area contributed by atoms with Gasteiger partial charge in [0.05, 0.1) is 6.20 Å². The number of hydrogen-bond donors (Lipinski definition) is 2. The number of nitrogens with one attached hydrogen (secondary N) is 2. The van der Waals surface area contributed by atoms with E-state index in [2.05, 4.69) is 58.7 Å². The first-order valence-corrected chi connectivity index (χ1v) is 7.48. The third-order valence-electron chi connectivity index (χ3n) is 3.60. The Kier molecular flexibility index (Phi) is 4.19. The summed E-state index contributed by atoms with van der Waals surface area (Å²) in [6, 6.07) is 14.2. The van der Waals surface area contributed by atoms with Crippen LogP contribution in [0.25, 0.3) is 0 Å². The average molecular weight is 305 g/mol. The van der Waals surface area contributed by atoms with E-state index < -0.39 is 0 Å². The molecule has 1 heterocycles. The second kappa shape index (κ2) is 6.44. The molecular formula is C18H19N5. The number of rotatable bonds is 4. The Hall–Kier alpha value is -2.95. The van der Waals surface area contributed by atoms with E-state index >= 15 is 0 Å². The largest absolute Gasteiger partial charge is 0.338 e. The lowest BCUT2D eigenvalue weighted by Crippen LogP contribution is -2.03. The summed E-state index contributed by atoms with van der Waals surface area (Å²) in [5, 5.41) is 14.5. The van der Waals surface area contributed by atoms with Gasteiger partial charge in [0.1, 0.15) is 0 Å². The maximum absolute atomic E-state index is 4.47. The van der Waals surface area contributed by atoms with Gasteiger partial charge in [0, 0.05) is 11.4 Å². The fourth-order valence-corrected chi connectivity index (χ4v) is 2.32. The summed E-state index contributed by atoms with van der Waals surface area (Å²) in [6.07, 6.45) is 1.62. The van der Waals surface area contributed by atoms with Crippen molar-refractivity contribution in [3.05, 3.63) is 65.4 Å². The Balaban J connectivity index is 1.81. The molecule has 1 aromatic heterocycles. The van der Waals surface area contributed by atoms with Crippen LogP contribution >= 0.6 is 0 Å². The van der Waals surface area contributed by atoms with Crippen molar-refractivity contribution in [3.8, 4) is 0 Å². The van der Waals surface area contributed by atoms with Gasteiger partial charge < -0.3 is 10.6 Å². The second-order valence-electron chi connectivity index (χ2n) is 5.55. The van der Waals surface area contributed by atoms with E-state index in [-0.39, 0.29) is 0 Å². The first-order valence-electron chi connectivity index (χ1n) is 7.48. The molecule has 0 saturated heterocycles. The SMILES string of the molecule is Cc1ccc(Nc2nncc(Nc3c(C)cccc3C)n2)cc1. The van der Waals surface area contributed by atoms with Crippen molar-refractivity contribution in [3.63, 3.8) is 0 Å². The fourth-order valence-electron chi connectivity index (χ4n) is 2.32. The Labute approximate surface area is 135 Å². The van der Waals surface area contributed by atoms with Gasteiger partial charge in [-0.25, -0.2) is 0 Å². The van der Waals surface area contributed by atoms with Gasteiger partial charge in [0.15, 0.2) is 5.82 Å². The van der Waals surface area contributed by atoms with E-state index in [1.165, 1.54) is 5.56 Å². The maximum Gasteiger partial charge on any atom is 0.249 e. The summed E-state index contributed by atoms with van der Waals surface area (Å²) in [5.41, 5.74) is 5.52. The van der Waals surface area contributed by atoms with Crippen LogP contribution < -0.4 is 10.6 Å². The van der Waals surface area contributed by atoms with E-state index in [1.54, 1.807) is 6.20 Å². The molecular weight excluding hydrogens is 286 g/mol. The number of hydrogen-bond acceptors (Lipinski definition) is 5. The van der Waals surface area contributed by atoms with Crippen molar-refractivity contribution in [2.75, 3.05) is 10.6 Å². The lowest BCUT2D eigenvalue weighted by atomic mass is 10.1. The molecule has 0 unspecified atom stereocenters.